The van der Waals surface area contributed by atoms with Crippen molar-refractivity contribution in [1.82, 2.24) is 19.5 Å². The molecule has 33 heavy (non-hydrogen) atoms. The molecule has 0 aliphatic carbocycles. The summed E-state index contributed by atoms with van der Waals surface area (Å²) in [6.45, 7) is 6.96. The quantitative estimate of drug-likeness (QED) is 0.555. The number of rotatable bonds is 7. The lowest BCUT2D eigenvalue weighted by atomic mass is 10.2. The Balaban J connectivity index is 1.35. The summed E-state index contributed by atoms with van der Waals surface area (Å²) >= 11 is 1.64. The largest absolute Gasteiger partial charge is 0.336 e. The SMILES string of the molecule is CC(C)NS(=O)(=O)c1cccc(C(=O)N2CCN(Cc3csc(-c4ccccc4)n3)CC2)c1. The van der Waals surface area contributed by atoms with E-state index in [2.05, 4.69) is 27.1 Å². The summed E-state index contributed by atoms with van der Waals surface area (Å²) in [6.07, 6.45) is 0. The number of hydrogen-bond donors (Lipinski definition) is 1. The fraction of sp³-hybridized carbons (Fsp3) is 0.333. The highest BCUT2D eigenvalue weighted by molar-refractivity contribution is 7.89. The summed E-state index contributed by atoms with van der Waals surface area (Å²) in [5.74, 6) is -0.142. The highest BCUT2D eigenvalue weighted by Crippen LogP contribution is 2.24. The second kappa shape index (κ2) is 10.1. The van der Waals surface area contributed by atoms with Gasteiger partial charge < -0.3 is 4.90 Å². The Morgan fingerprint density at radius 2 is 1.79 bits per heavy atom. The number of nitrogens with zero attached hydrogens (tertiary/aromatic N) is 3. The van der Waals surface area contributed by atoms with E-state index in [1.54, 1.807) is 42.2 Å². The van der Waals surface area contributed by atoms with Crippen LogP contribution in [0.4, 0.5) is 0 Å². The van der Waals surface area contributed by atoms with Gasteiger partial charge in [-0.2, -0.15) is 0 Å². The fourth-order valence-corrected chi connectivity index (χ4v) is 5.90. The van der Waals surface area contributed by atoms with Gasteiger partial charge in [-0.1, -0.05) is 36.4 Å². The summed E-state index contributed by atoms with van der Waals surface area (Å²) in [5, 5.41) is 3.11. The lowest BCUT2D eigenvalue weighted by molar-refractivity contribution is 0.0627. The molecule has 0 radical (unpaired) electrons. The molecule has 1 N–H and O–H groups in total. The normalized spacial score (nSPS) is 15.2. The van der Waals surface area contributed by atoms with Gasteiger partial charge in [-0.25, -0.2) is 18.1 Å². The van der Waals surface area contributed by atoms with Gasteiger partial charge in [0.05, 0.1) is 10.6 Å². The van der Waals surface area contributed by atoms with Crippen LogP contribution in [0.3, 0.4) is 0 Å². The zero-order chi connectivity index (χ0) is 23.4. The minimum absolute atomic E-state index is 0.110. The Kier molecular flexibility index (Phi) is 7.23. The second-order valence-electron chi connectivity index (χ2n) is 8.38. The minimum Gasteiger partial charge on any atom is -0.336 e. The fourth-order valence-electron chi connectivity index (χ4n) is 3.79. The molecule has 2 heterocycles. The number of carbonyl (C=O) groups excluding carboxylic acids is 1. The highest BCUT2D eigenvalue weighted by Gasteiger charge is 2.24. The van der Waals surface area contributed by atoms with Crippen LogP contribution in [0, 0.1) is 0 Å². The third-order valence-corrected chi connectivity index (χ3v) is 8.00. The van der Waals surface area contributed by atoms with Gasteiger partial charge in [-0.3, -0.25) is 9.69 Å². The van der Waals surface area contributed by atoms with Gasteiger partial charge >= 0.3 is 0 Å². The molecular weight excluding hydrogens is 456 g/mol. The second-order valence-corrected chi connectivity index (χ2v) is 11.0. The van der Waals surface area contributed by atoms with Crippen molar-refractivity contribution in [1.29, 1.82) is 0 Å². The lowest BCUT2D eigenvalue weighted by Gasteiger charge is -2.34. The molecule has 1 aliphatic rings. The molecular formula is C24H28N4O3S2. The molecule has 1 aromatic heterocycles. The van der Waals surface area contributed by atoms with E-state index in [0.717, 1.165) is 35.9 Å². The maximum atomic E-state index is 13.0. The summed E-state index contributed by atoms with van der Waals surface area (Å²) in [5.41, 5.74) is 2.55. The Bertz CT molecular complexity index is 1200. The molecule has 0 atom stereocenters. The molecule has 7 nitrogen and oxygen atoms in total. The van der Waals surface area contributed by atoms with E-state index in [9.17, 15) is 13.2 Å². The third-order valence-electron chi connectivity index (χ3n) is 5.40. The average molecular weight is 485 g/mol. The monoisotopic (exact) mass is 484 g/mol. The molecule has 0 unspecified atom stereocenters. The number of piperazine rings is 1. The number of carbonyl (C=O) groups is 1. The maximum Gasteiger partial charge on any atom is 0.253 e. The molecule has 1 aliphatic heterocycles. The van der Waals surface area contributed by atoms with Crippen LogP contribution in [-0.4, -0.2) is 61.3 Å². The van der Waals surface area contributed by atoms with Crippen molar-refractivity contribution in [2.24, 2.45) is 0 Å². The van der Waals surface area contributed by atoms with Gasteiger partial charge in [0.15, 0.2) is 0 Å². The van der Waals surface area contributed by atoms with E-state index in [-0.39, 0.29) is 16.8 Å². The smallest absolute Gasteiger partial charge is 0.253 e. The number of aromatic nitrogens is 1. The molecule has 0 bridgehead atoms. The lowest BCUT2D eigenvalue weighted by Crippen LogP contribution is -2.48. The Labute approximate surface area is 199 Å². The van der Waals surface area contributed by atoms with Crippen LogP contribution in [0.2, 0.25) is 0 Å². The van der Waals surface area contributed by atoms with Gasteiger partial charge in [0.1, 0.15) is 5.01 Å². The van der Waals surface area contributed by atoms with Gasteiger partial charge in [0.25, 0.3) is 5.91 Å². The molecule has 2 aromatic carbocycles. The first-order valence-corrected chi connectivity index (χ1v) is 13.3. The summed E-state index contributed by atoms with van der Waals surface area (Å²) in [4.78, 5) is 22.0. The Hall–Kier alpha value is -2.59. The van der Waals surface area contributed by atoms with Gasteiger partial charge in [-0.05, 0) is 32.0 Å². The van der Waals surface area contributed by atoms with Crippen LogP contribution in [-0.2, 0) is 16.6 Å². The van der Waals surface area contributed by atoms with E-state index < -0.39 is 10.0 Å². The first-order valence-electron chi connectivity index (χ1n) is 11.0. The molecule has 1 saturated heterocycles. The molecule has 0 spiro atoms. The summed E-state index contributed by atoms with van der Waals surface area (Å²) in [7, 11) is -3.64. The first-order chi connectivity index (χ1) is 15.8. The number of hydrogen-bond acceptors (Lipinski definition) is 6. The molecule has 1 amide bonds. The van der Waals surface area contributed by atoms with Crippen molar-refractivity contribution in [3.8, 4) is 10.6 Å². The predicted molar refractivity (Wildman–Crippen MR) is 131 cm³/mol. The van der Waals surface area contributed by atoms with E-state index in [1.165, 1.54) is 12.1 Å². The molecule has 0 saturated carbocycles. The number of amides is 1. The van der Waals surface area contributed by atoms with Crippen molar-refractivity contribution < 1.29 is 13.2 Å². The van der Waals surface area contributed by atoms with Crippen molar-refractivity contribution in [2.75, 3.05) is 26.2 Å². The summed E-state index contributed by atoms with van der Waals surface area (Å²) in [6, 6.07) is 16.2. The van der Waals surface area contributed by atoms with E-state index in [1.807, 2.05) is 18.2 Å². The molecule has 4 rings (SSSR count). The third kappa shape index (κ3) is 5.86. The minimum atomic E-state index is -3.64. The van der Waals surface area contributed by atoms with Crippen molar-refractivity contribution in [3.05, 3.63) is 71.2 Å². The van der Waals surface area contributed by atoms with E-state index >= 15 is 0 Å². The predicted octanol–water partition coefficient (Wildman–Crippen LogP) is 3.45. The van der Waals surface area contributed by atoms with Crippen molar-refractivity contribution in [2.45, 2.75) is 31.3 Å². The van der Waals surface area contributed by atoms with E-state index in [0.29, 0.717) is 18.7 Å². The number of nitrogens with one attached hydrogen (secondary N) is 1. The highest BCUT2D eigenvalue weighted by atomic mass is 32.2. The number of sulfonamides is 1. The molecule has 3 aromatic rings. The van der Waals surface area contributed by atoms with Crippen LogP contribution in [0.5, 0.6) is 0 Å². The van der Waals surface area contributed by atoms with Crippen LogP contribution in [0.15, 0.2) is 64.9 Å². The van der Waals surface area contributed by atoms with Gasteiger partial charge in [0, 0.05) is 55.3 Å². The van der Waals surface area contributed by atoms with Crippen LogP contribution < -0.4 is 4.72 Å². The first kappa shape index (κ1) is 23.6. The average Bonchev–Trinajstić information content (AvgIpc) is 3.27. The standard InChI is InChI=1S/C24H28N4O3S2/c1-18(2)26-33(30,31)22-10-6-9-20(15-22)24(29)28-13-11-27(12-14-28)16-21-17-32-23(25-21)19-7-4-3-5-8-19/h3-10,15,17-18,26H,11-14,16H2,1-2H3. The topological polar surface area (TPSA) is 82.6 Å². The van der Waals surface area contributed by atoms with Gasteiger partial charge in [0.2, 0.25) is 10.0 Å². The zero-order valence-electron chi connectivity index (χ0n) is 18.8. The summed E-state index contributed by atoms with van der Waals surface area (Å²) < 4.78 is 27.5. The van der Waals surface area contributed by atoms with E-state index in [4.69, 9.17) is 4.98 Å². The van der Waals surface area contributed by atoms with Crippen LogP contribution in [0.25, 0.3) is 10.6 Å². The Morgan fingerprint density at radius 1 is 1.06 bits per heavy atom. The van der Waals surface area contributed by atoms with Crippen molar-refractivity contribution in [3.63, 3.8) is 0 Å². The maximum absolute atomic E-state index is 13.0. The van der Waals surface area contributed by atoms with Crippen LogP contribution in [0.1, 0.15) is 29.9 Å². The van der Waals surface area contributed by atoms with Gasteiger partial charge in [-0.15, -0.1) is 11.3 Å². The number of thiazole rings is 1. The molecule has 1 fully saturated rings. The zero-order valence-corrected chi connectivity index (χ0v) is 20.4. The molecule has 174 valence electrons. The van der Waals surface area contributed by atoms with Crippen LogP contribution >= 0.6 is 11.3 Å². The molecule has 9 heteroatoms. The Morgan fingerprint density at radius 3 is 2.48 bits per heavy atom. The van der Waals surface area contributed by atoms with Crippen molar-refractivity contribution >= 4 is 27.3 Å². The number of benzene rings is 2.